The third-order valence-corrected chi connectivity index (χ3v) is 6.81. The molecular weight excluding hydrogens is 447 g/mol. The highest BCUT2D eigenvalue weighted by Crippen LogP contribution is 2.47. The van der Waals surface area contributed by atoms with Crippen molar-refractivity contribution < 1.29 is 23.5 Å². The molecule has 3 aromatic carbocycles. The second-order valence-corrected chi connectivity index (χ2v) is 9.02. The number of rotatable bonds is 5. The quantitative estimate of drug-likeness (QED) is 0.508. The molecule has 0 aromatic heterocycles. The summed E-state index contributed by atoms with van der Waals surface area (Å²) in [5.74, 6) is -2.45. The maximum atomic E-state index is 13.9. The monoisotopic (exact) mass is 472 g/mol. The van der Waals surface area contributed by atoms with Crippen LogP contribution in [0.3, 0.4) is 0 Å². The maximum Gasteiger partial charge on any atom is 0.410 e. The molecular formula is C28H25FN2O4. The van der Waals surface area contributed by atoms with Crippen LogP contribution in [0.25, 0.3) is 0 Å². The van der Waals surface area contributed by atoms with Crippen LogP contribution in [0.4, 0.5) is 9.18 Å². The summed E-state index contributed by atoms with van der Waals surface area (Å²) < 4.78 is 19.4. The number of halogens is 1. The van der Waals surface area contributed by atoms with E-state index in [1.807, 2.05) is 60.7 Å². The van der Waals surface area contributed by atoms with Crippen molar-refractivity contribution in [1.82, 2.24) is 9.80 Å². The lowest BCUT2D eigenvalue weighted by molar-refractivity contribution is -0.141. The number of nitrogens with zero attached hydrogens (tertiary/aromatic N) is 2. The molecule has 0 radical (unpaired) electrons. The van der Waals surface area contributed by atoms with E-state index in [-0.39, 0.29) is 31.5 Å². The minimum absolute atomic E-state index is 0.0651. The van der Waals surface area contributed by atoms with Crippen LogP contribution >= 0.6 is 0 Å². The van der Waals surface area contributed by atoms with Crippen LogP contribution in [-0.4, -0.2) is 34.3 Å². The molecule has 3 atom stereocenters. The van der Waals surface area contributed by atoms with Crippen LogP contribution in [-0.2, 0) is 27.5 Å². The zero-order valence-corrected chi connectivity index (χ0v) is 19.3. The van der Waals surface area contributed by atoms with Gasteiger partial charge in [-0.15, -0.1) is 0 Å². The van der Waals surface area contributed by atoms with Gasteiger partial charge in [0.15, 0.2) is 0 Å². The van der Waals surface area contributed by atoms with Gasteiger partial charge in [0, 0.05) is 6.54 Å². The van der Waals surface area contributed by atoms with Gasteiger partial charge >= 0.3 is 6.09 Å². The van der Waals surface area contributed by atoms with Crippen molar-refractivity contribution in [2.75, 3.05) is 6.54 Å². The highest BCUT2D eigenvalue weighted by molar-refractivity contribution is 6.06. The van der Waals surface area contributed by atoms with Crippen LogP contribution in [0, 0.1) is 24.6 Å². The molecule has 0 spiro atoms. The Morgan fingerprint density at radius 1 is 0.943 bits per heavy atom. The summed E-state index contributed by atoms with van der Waals surface area (Å²) in [5.41, 5.74) is 2.93. The lowest BCUT2D eigenvalue weighted by Gasteiger charge is -2.29. The Labute approximate surface area is 202 Å². The molecule has 3 unspecified atom stereocenters. The normalized spacial score (nSPS) is 21.4. The highest BCUT2D eigenvalue weighted by Gasteiger charge is 2.59. The fraction of sp³-hybridized carbons (Fsp3) is 0.250. The summed E-state index contributed by atoms with van der Waals surface area (Å²) in [5, 5.41) is 0. The first-order chi connectivity index (χ1) is 16.9. The van der Waals surface area contributed by atoms with Crippen LogP contribution in [0.5, 0.6) is 0 Å². The number of benzene rings is 3. The van der Waals surface area contributed by atoms with E-state index in [9.17, 15) is 18.8 Å². The number of hydrogen-bond donors (Lipinski definition) is 0. The van der Waals surface area contributed by atoms with Gasteiger partial charge in [0.05, 0.1) is 24.4 Å². The largest absolute Gasteiger partial charge is 0.445 e. The predicted molar refractivity (Wildman–Crippen MR) is 126 cm³/mol. The van der Waals surface area contributed by atoms with Crippen LogP contribution in [0.1, 0.15) is 28.3 Å². The topological polar surface area (TPSA) is 66.9 Å². The average Bonchev–Trinajstić information content (AvgIpc) is 3.36. The van der Waals surface area contributed by atoms with Crippen molar-refractivity contribution >= 4 is 17.9 Å². The number of ether oxygens (including phenoxy) is 1. The molecule has 0 saturated carbocycles. The fourth-order valence-electron chi connectivity index (χ4n) is 5.12. The van der Waals surface area contributed by atoms with Gasteiger partial charge in [0.1, 0.15) is 12.4 Å². The summed E-state index contributed by atoms with van der Waals surface area (Å²) in [6.45, 7) is 2.06. The van der Waals surface area contributed by atoms with E-state index in [4.69, 9.17) is 4.74 Å². The standard InChI is InChI=1S/C28H25FN2O4/c1-18-14-21(29)12-13-22(18)25-24-23(16-30(25)28(34)35-17-20-10-6-3-7-11-20)26(32)31(27(24)33)15-19-8-4-2-5-9-19/h2-14,23-25H,15-17H2,1H3. The van der Waals surface area contributed by atoms with Crippen molar-refractivity contribution in [1.29, 1.82) is 0 Å². The highest BCUT2D eigenvalue weighted by atomic mass is 19.1. The molecule has 35 heavy (non-hydrogen) atoms. The first-order valence-corrected chi connectivity index (χ1v) is 11.6. The summed E-state index contributed by atoms with van der Waals surface area (Å²) in [6, 6.07) is 22.2. The summed E-state index contributed by atoms with van der Waals surface area (Å²) >= 11 is 0. The van der Waals surface area contributed by atoms with Crippen molar-refractivity contribution in [3.05, 3.63) is 107 Å². The second kappa shape index (κ2) is 9.33. The number of carbonyl (C=O) groups is 3. The Kier molecular flexibility index (Phi) is 6.07. The maximum absolute atomic E-state index is 13.9. The van der Waals surface area contributed by atoms with E-state index >= 15 is 0 Å². The zero-order chi connectivity index (χ0) is 24.5. The van der Waals surface area contributed by atoms with Gasteiger partial charge in [-0.1, -0.05) is 66.7 Å². The Bertz CT molecular complexity index is 1260. The average molecular weight is 473 g/mol. The number of aryl methyl sites for hydroxylation is 1. The summed E-state index contributed by atoms with van der Waals surface area (Å²) in [4.78, 5) is 42.8. The third-order valence-electron chi connectivity index (χ3n) is 6.81. The Hall–Kier alpha value is -4.00. The summed E-state index contributed by atoms with van der Waals surface area (Å²) in [6.07, 6.45) is -0.604. The number of amides is 3. The molecule has 5 rings (SSSR count). The van der Waals surface area contributed by atoms with E-state index < -0.39 is 29.8 Å². The Morgan fingerprint density at radius 3 is 2.26 bits per heavy atom. The summed E-state index contributed by atoms with van der Waals surface area (Å²) in [7, 11) is 0. The van der Waals surface area contributed by atoms with Gasteiger partial charge in [-0.3, -0.25) is 19.4 Å². The van der Waals surface area contributed by atoms with Crippen LogP contribution in [0.2, 0.25) is 0 Å². The lowest BCUT2D eigenvalue weighted by Crippen LogP contribution is -2.39. The smallest absolute Gasteiger partial charge is 0.410 e. The molecule has 2 heterocycles. The van der Waals surface area contributed by atoms with Gasteiger partial charge in [-0.25, -0.2) is 9.18 Å². The van der Waals surface area contributed by atoms with E-state index in [0.717, 1.165) is 11.1 Å². The molecule has 3 amide bonds. The molecule has 3 aromatic rings. The van der Waals surface area contributed by atoms with Crippen molar-refractivity contribution in [3.8, 4) is 0 Å². The molecule has 2 aliphatic heterocycles. The second-order valence-electron chi connectivity index (χ2n) is 9.02. The van der Waals surface area contributed by atoms with Crippen molar-refractivity contribution in [3.63, 3.8) is 0 Å². The van der Waals surface area contributed by atoms with Crippen LogP contribution < -0.4 is 0 Å². The molecule has 2 saturated heterocycles. The Balaban J connectivity index is 1.45. The molecule has 2 aliphatic rings. The first kappa shape index (κ1) is 22.8. The molecule has 0 aliphatic carbocycles. The zero-order valence-electron chi connectivity index (χ0n) is 19.3. The molecule has 7 heteroatoms. The van der Waals surface area contributed by atoms with E-state index in [1.165, 1.54) is 21.9 Å². The Morgan fingerprint density at radius 2 is 1.60 bits per heavy atom. The van der Waals surface area contributed by atoms with Gasteiger partial charge in [0.25, 0.3) is 0 Å². The fourth-order valence-corrected chi connectivity index (χ4v) is 5.12. The number of imide groups is 1. The van der Waals surface area contributed by atoms with E-state index in [1.54, 1.807) is 13.0 Å². The predicted octanol–water partition coefficient (Wildman–Crippen LogP) is 4.63. The molecule has 6 nitrogen and oxygen atoms in total. The van der Waals surface area contributed by atoms with Crippen molar-refractivity contribution in [2.24, 2.45) is 11.8 Å². The SMILES string of the molecule is Cc1cc(F)ccc1C1C2C(=O)N(Cc3ccccc3)C(=O)C2CN1C(=O)OCc1ccccc1. The minimum atomic E-state index is -0.750. The van der Waals surface area contributed by atoms with E-state index in [0.29, 0.717) is 11.1 Å². The van der Waals surface area contributed by atoms with Gasteiger partial charge in [0.2, 0.25) is 11.8 Å². The molecule has 0 N–H and O–H groups in total. The van der Waals surface area contributed by atoms with Crippen molar-refractivity contribution in [2.45, 2.75) is 26.1 Å². The first-order valence-electron chi connectivity index (χ1n) is 11.6. The lowest BCUT2D eigenvalue weighted by atomic mass is 9.87. The molecule has 178 valence electrons. The number of hydrogen-bond acceptors (Lipinski definition) is 4. The third kappa shape index (κ3) is 4.30. The number of fused-ring (bicyclic) bond motifs is 1. The number of likely N-dealkylation sites (tertiary alicyclic amines) is 2. The van der Waals surface area contributed by atoms with Gasteiger partial charge < -0.3 is 4.74 Å². The molecule has 2 fully saturated rings. The molecule has 0 bridgehead atoms. The van der Waals surface area contributed by atoms with E-state index in [2.05, 4.69) is 0 Å². The van der Waals surface area contributed by atoms with Gasteiger partial charge in [-0.2, -0.15) is 0 Å². The minimum Gasteiger partial charge on any atom is -0.445 e. The number of carbonyl (C=O) groups excluding carboxylic acids is 3. The van der Waals surface area contributed by atoms with Crippen LogP contribution in [0.15, 0.2) is 78.9 Å². The van der Waals surface area contributed by atoms with Gasteiger partial charge in [-0.05, 0) is 41.3 Å².